The second-order valence-electron chi connectivity index (χ2n) is 13.4. The number of carbonyl (C=O) groups excluding carboxylic acids is 2. The first-order valence-corrected chi connectivity index (χ1v) is 18.0. The van der Waals surface area contributed by atoms with Crippen molar-refractivity contribution < 1.29 is 42.7 Å². The van der Waals surface area contributed by atoms with Crippen molar-refractivity contribution in [1.29, 1.82) is 0 Å². The lowest BCUT2D eigenvalue weighted by Crippen LogP contribution is -2.41. The van der Waals surface area contributed by atoms with Crippen LogP contribution in [0.5, 0.6) is 5.75 Å². The molecule has 0 bridgehead atoms. The molecule has 0 aromatic heterocycles. The minimum atomic E-state index is -0.539. The molecule has 0 heterocycles. The van der Waals surface area contributed by atoms with E-state index in [0.29, 0.717) is 45.7 Å². The minimum absolute atomic E-state index is 0.0156. The summed E-state index contributed by atoms with van der Waals surface area (Å²) in [6.45, 7) is 13.9. The number of ketones is 1. The number of hydrogen-bond donors (Lipinski definition) is 0. The van der Waals surface area contributed by atoms with Crippen molar-refractivity contribution in [3.05, 3.63) is 89.0 Å². The van der Waals surface area contributed by atoms with Crippen LogP contribution in [-0.2, 0) is 56.5 Å². The maximum atomic E-state index is 12.8. The summed E-state index contributed by atoms with van der Waals surface area (Å²) in [7, 11) is 4.99. The summed E-state index contributed by atoms with van der Waals surface area (Å²) >= 11 is 0. The van der Waals surface area contributed by atoms with Gasteiger partial charge in [-0.2, -0.15) is 0 Å². The SMILES string of the molecule is CCC(=O)O[C@@H](C[C@@H](C[C@H](OCc1ccc(OC)cc1)/C(C)=C\[C@@H](CC)COCOCCOC)OC)C(C)(C)c1cccc(C/C=C/C(C)=O)c1. The van der Waals surface area contributed by atoms with Crippen LogP contribution in [-0.4, -0.2) is 78.0 Å². The number of hydrogen-bond acceptors (Lipinski definition) is 9. The molecule has 0 radical (unpaired) electrons. The Balaban J connectivity index is 2.35. The van der Waals surface area contributed by atoms with Gasteiger partial charge in [0.05, 0.1) is 45.7 Å². The third-order valence-corrected chi connectivity index (χ3v) is 9.10. The molecule has 4 atom stereocenters. The number of rotatable bonds is 26. The quantitative estimate of drug-likeness (QED) is 0.0317. The van der Waals surface area contributed by atoms with Gasteiger partial charge in [0.1, 0.15) is 18.6 Å². The van der Waals surface area contributed by atoms with Crippen LogP contribution in [0.4, 0.5) is 0 Å². The molecule has 9 nitrogen and oxygen atoms in total. The fourth-order valence-electron chi connectivity index (χ4n) is 5.67. The highest BCUT2D eigenvalue weighted by atomic mass is 16.7. The van der Waals surface area contributed by atoms with Gasteiger partial charge in [-0.1, -0.05) is 76.2 Å². The molecule has 284 valence electrons. The highest BCUT2D eigenvalue weighted by Crippen LogP contribution is 2.34. The van der Waals surface area contributed by atoms with Gasteiger partial charge in [-0.3, -0.25) is 9.59 Å². The van der Waals surface area contributed by atoms with E-state index >= 15 is 0 Å². The van der Waals surface area contributed by atoms with Gasteiger partial charge in [-0.05, 0) is 67.2 Å². The topological polar surface area (TPSA) is 98.8 Å². The van der Waals surface area contributed by atoms with E-state index in [4.69, 9.17) is 33.2 Å². The summed E-state index contributed by atoms with van der Waals surface area (Å²) in [5, 5.41) is 0. The van der Waals surface area contributed by atoms with Crippen molar-refractivity contribution in [3.63, 3.8) is 0 Å². The Morgan fingerprint density at radius 2 is 1.65 bits per heavy atom. The summed E-state index contributed by atoms with van der Waals surface area (Å²) < 4.78 is 40.6. The first-order chi connectivity index (χ1) is 24.5. The molecule has 0 fully saturated rings. The Morgan fingerprint density at radius 1 is 0.902 bits per heavy atom. The predicted molar refractivity (Wildman–Crippen MR) is 201 cm³/mol. The summed E-state index contributed by atoms with van der Waals surface area (Å²) in [5.41, 5.74) is 3.68. The van der Waals surface area contributed by atoms with E-state index in [1.165, 1.54) is 0 Å². The summed E-state index contributed by atoms with van der Waals surface area (Å²) in [6.07, 6.45) is 7.48. The number of esters is 1. The fraction of sp³-hybridized carbons (Fsp3) is 0.571. The number of ether oxygens (including phenoxy) is 7. The second kappa shape index (κ2) is 24.0. The number of allylic oxidation sites excluding steroid dienone is 2. The number of carbonyl (C=O) groups is 2. The van der Waals surface area contributed by atoms with Crippen LogP contribution in [0.2, 0.25) is 0 Å². The van der Waals surface area contributed by atoms with E-state index in [1.54, 1.807) is 41.3 Å². The Labute approximate surface area is 306 Å². The molecule has 0 unspecified atom stereocenters. The van der Waals surface area contributed by atoms with Crippen LogP contribution in [0.1, 0.15) is 83.9 Å². The summed E-state index contributed by atoms with van der Waals surface area (Å²) in [5.74, 6) is 0.709. The van der Waals surface area contributed by atoms with Crippen LogP contribution < -0.4 is 4.74 Å². The molecule has 0 spiro atoms. The van der Waals surface area contributed by atoms with E-state index in [1.807, 2.05) is 42.5 Å². The zero-order chi connectivity index (χ0) is 37.6. The summed E-state index contributed by atoms with van der Waals surface area (Å²) in [4.78, 5) is 24.3. The van der Waals surface area contributed by atoms with Crippen LogP contribution in [0.25, 0.3) is 0 Å². The van der Waals surface area contributed by atoms with Gasteiger partial charge < -0.3 is 33.2 Å². The molecule has 0 aliphatic carbocycles. The molecule has 2 rings (SSSR count). The van der Waals surface area contributed by atoms with Crippen molar-refractivity contribution in [2.24, 2.45) is 5.92 Å². The van der Waals surface area contributed by atoms with E-state index in [0.717, 1.165) is 34.4 Å². The van der Waals surface area contributed by atoms with Crippen molar-refractivity contribution in [1.82, 2.24) is 0 Å². The monoisotopic (exact) mass is 710 g/mol. The lowest BCUT2D eigenvalue weighted by atomic mass is 9.76. The zero-order valence-electron chi connectivity index (χ0n) is 32.4. The van der Waals surface area contributed by atoms with E-state index in [-0.39, 0.29) is 43.1 Å². The van der Waals surface area contributed by atoms with Crippen LogP contribution in [0.15, 0.2) is 72.3 Å². The van der Waals surface area contributed by atoms with Gasteiger partial charge in [0.15, 0.2) is 5.78 Å². The Bertz CT molecular complexity index is 1350. The van der Waals surface area contributed by atoms with Crippen LogP contribution in [0, 0.1) is 5.92 Å². The molecule has 0 aliphatic rings. The average molecular weight is 711 g/mol. The van der Waals surface area contributed by atoms with Gasteiger partial charge >= 0.3 is 5.97 Å². The maximum absolute atomic E-state index is 12.8. The molecule has 2 aromatic carbocycles. The third kappa shape index (κ3) is 16.3. The molecular weight excluding hydrogens is 648 g/mol. The molecule has 51 heavy (non-hydrogen) atoms. The largest absolute Gasteiger partial charge is 0.497 e. The first kappa shape index (κ1) is 43.8. The smallest absolute Gasteiger partial charge is 0.305 e. The van der Waals surface area contributed by atoms with Gasteiger partial charge in [-0.15, -0.1) is 0 Å². The molecule has 9 heteroatoms. The van der Waals surface area contributed by atoms with Gasteiger partial charge in [-0.25, -0.2) is 0 Å². The standard InChI is InChI=1S/C42H62O9/c1-10-33(28-49-30-48-23-22-45-7)24-31(3)39(50-29-35-18-20-37(46-8)21-19-35)26-38(47-9)27-40(51-41(44)11-2)42(5,6)36-17-13-16-34(25-36)15-12-14-32(4)43/h12-14,16-21,24-25,33,38-40H,10-11,15,22-23,26-30H2,1-9H3/b14-12+,31-24-/t33-,38-,39+,40+/m1/s1. The van der Waals surface area contributed by atoms with Crippen LogP contribution >= 0.6 is 0 Å². The maximum Gasteiger partial charge on any atom is 0.305 e. The average Bonchev–Trinajstić information content (AvgIpc) is 3.13. The molecule has 0 aliphatic heterocycles. The Kier molecular flexibility index (Phi) is 20.6. The molecule has 2 aromatic rings. The molecular formula is C42H62O9. The Hall–Kier alpha value is -3.34. The normalized spacial score (nSPS) is 14.6. The summed E-state index contributed by atoms with van der Waals surface area (Å²) in [6, 6.07) is 16.1. The molecule has 0 saturated carbocycles. The molecule has 0 amide bonds. The molecule has 0 saturated heterocycles. The molecule has 0 N–H and O–H groups in total. The van der Waals surface area contributed by atoms with Gasteiger partial charge in [0.25, 0.3) is 0 Å². The zero-order valence-corrected chi connectivity index (χ0v) is 32.4. The van der Waals surface area contributed by atoms with Gasteiger partial charge in [0, 0.05) is 44.8 Å². The fourth-order valence-corrected chi connectivity index (χ4v) is 5.67. The lowest BCUT2D eigenvalue weighted by molar-refractivity contribution is -0.154. The van der Waals surface area contributed by atoms with Crippen molar-refractivity contribution in [3.8, 4) is 5.75 Å². The van der Waals surface area contributed by atoms with E-state index < -0.39 is 11.5 Å². The lowest BCUT2D eigenvalue weighted by Gasteiger charge is -2.37. The number of benzene rings is 2. The number of methoxy groups -OCH3 is 3. The van der Waals surface area contributed by atoms with Gasteiger partial charge in [0.2, 0.25) is 0 Å². The minimum Gasteiger partial charge on any atom is -0.497 e. The second-order valence-corrected chi connectivity index (χ2v) is 13.4. The highest BCUT2D eigenvalue weighted by Gasteiger charge is 2.37. The van der Waals surface area contributed by atoms with E-state index in [9.17, 15) is 9.59 Å². The Morgan fingerprint density at radius 3 is 2.27 bits per heavy atom. The third-order valence-electron chi connectivity index (χ3n) is 9.10. The van der Waals surface area contributed by atoms with E-state index in [2.05, 4.69) is 45.9 Å². The van der Waals surface area contributed by atoms with Crippen LogP contribution in [0.3, 0.4) is 0 Å². The van der Waals surface area contributed by atoms with Crippen molar-refractivity contribution in [2.45, 2.75) is 104 Å². The van der Waals surface area contributed by atoms with Crippen molar-refractivity contribution >= 4 is 11.8 Å². The predicted octanol–water partition coefficient (Wildman–Crippen LogP) is 7.97. The highest BCUT2D eigenvalue weighted by molar-refractivity contribution is 5.87. The first-order valence-electron chi connectivity index (χ1n) is 18.0. The van der Waals surface area contributed by atoms with Crippen molar-refractivity contribution in [2.75, 3.05) is 47.9 Å².